The second kappa shape index (κ2) is 8.12. The monoisotopic (exact) mass is 168 g/mol. The van der Waals surface area contributed by atoms with E-state index >= 15 is 0 Å². The predicted octanol–water partition coefficient (Wildman–Crippen LogP) is 3.70. The maximum atomic E-state index is 5.02. The summed E-state index contributed by atoms with van der Waals surface area (Å²) in [4.78, 5) is 0. The second-order valence-electron chi connectivity index (χ2n) is 2.34. The molecule has 0 aliphatic rings. The van der Waals surface area contributed by atoms with Crippen LogP contribution in [0.25, 0.3) is 0 Å². The molecular formula is C11H20O. The van der Waals surface area contributed by atoms with Crippen molar-refractivity contribution >= 4 is 0 Å². The van der Waals surface area contributed by atoms with Crippen molar-refractivity contribution in [3.8, 4) is 0 Å². The van der Waals surface area contributed by atoms with Crippen LogP contribution < -0.4 is 0 Å². The van der Waals surface area contributed by atoms with Crippen LogP contribution in [-0.2, 0) is 4.74 Å². The zero-order valence-electron chi connectivity index (χ0n) is 8.90. The topological polar surface area (TPSA) is 9.23 Å². The summed E-state index contributed by atoms with van der Waals surface area (Å²) in [5.74, 6) is 0.799. The predicted molar refractivity (Wildman–Crippen MR) is 56.1 cm³/mol. The minimum Gasteiger partial charge on any atom is -0.497 e. The average molecular weight is 168 g/mol. The molecule has 0 atom stereocenters. The normalized spacial score (nSPS) is 9.58. The lowest BCUT2D eigenvalue weighted by Crippen LogP contribution is -1.87. The summed E-state index contributed by atoms with van der Waals surface area (Å²) in [5.41, 5.74) is 1.89. The summed E-state index contributed by atoms with van der Waals surface area (Å²) in [6, 6.07) is 0. The van der Waals surface area contributed by atoms with Gasteiger partial charge >= 0.3 is 0 Å². The van der Waals surface area contributed by atoms with E-state index in [1.807, 2.05) is 33.8 Å². The van der Waals surface area contributed by atoms with E-state index in [2.05, 4.69) is 13.2 Å². The van der Waals surface area contributed by atoms with Gasteiger partial charge in [-0.25, -0.2) is 0 Å². The van der Waals surface area contributed by atoms with E-state index in [0.29, 0.717) is 0 Å². The van der Waals surface area contributed by atoms with E-state index in [9.17, 15) is 0 Å². The highest BCUT2D eigenvalue weighted by Gasteiger charge is 1.94. The molecule has 1 heteroatoms. The second-order valence-corrected chi connectivity index (χ2v) is 2.34. The molecule has 1 nitrogen and oxygen atoms in total. The molecular weight excluding hydrogens is 148 g/mol. The third-order valence-corrected chi connectivity index (χ3v) is 1.02. The van der Waals surface area contributed by atoms with Crippen LogP contribution >= 0.6 is 0 Å². The lowest BCUT2D eigenvalue weighted by Gasteiger charge is -2.03. The van der Waals surface area contributed by atoms with Crippen LogP contribution in [0.4, 0.5) is 0 Å². The minimum absolute atomic E-state index is 0.799. The summed E-state index contributed by atoms with van der Waals surface area (Å²) >= 11 is 0. The zero-order valence-corrected chi connectivity index (χ0v) is 8.90. The SMILES string of the molecule is C=C(C)/C=C(/OC)C(=C)C.CC. The van der Waals surface area contributed by atoms with Gasteiger partial charge < -0.3 is 4.74 Å². The Balaban J connectivity index is 0. The molecule has 0 aromatic heterocycles. The van der Waals surface area contributed by atoms with Crippen molar-refractivity contribution in [2.45, 2.75) is 27.7 Å². The Labute approximate surface area is 76.4 Å². The first kappa shape index (κ1) is 13.6. The van der Waals surface area contributed by atoms with Crippen molar-refractivity contribution in [1.29, 1.82) is 0 Å². The first-order valence-corrected chi connectivity index (χ1v) is 4.15. The molecule has 70 valence electrons. The molecule has 0 rings (SSSR count). The van der Waals surface area contributed by atoms with Gasteiger partial charge in [-0.05, 0) is 25.5 Å². The molecule has 0 spiro atoms. The summed E-state index contributed by atoms with van der Waals surface area (Å²) in [5, 5.41) is 0. The first-order chi connectivity index (χ1) is 5.57. The van der Waals surface area contributed by atoms with E-state index < -0.39 is 0 Å². The standard InChI is InChI=1S/C9H14O.C2H6/c1-7(2)6-9(10-5)8(3)4;1-2/h6H,1,3H2,2,4-5H3;1-2H3/b9-6+;. The van der Waals surface area contributed by atoms with Crippen molar-refractivity contribution in [2.24, 2.45) is 0 Å². The molecule has 0 aliphatic carbocycles. The van der Waals surface area contributed by atoms with Crippen molar-refractivity contribution in [2.75, 3.05) is 7.11 Å². The lowest BCUT2D eigenvalue weighted by atomic mass is 10.2. The third-order valence-electron chi connectivity index (χ3n) is 1.02. The molecule has 0 fully saturated rings. The van der Waals surface area contributed by atoms with Crippen LogP contribution in [0.1, 0.15) is 27.7 Å². The van der Waals surface area contributed by atoms with E-state index in [4.69, 9.17) is 4.74 Å². The van der Waals surface area contributed by atoms with E-state index in [1.54, 1.807) is 7.11 Å². The molecule has 0 amide bonds. The molecule has 0 radical (unpaired) electrons. The molecule has 0 saturated carbocycles. The Morgan fingerprint density at radius 3 is 1.67 bits per heavy atom. The molecule has 0 bridgehead atoms. The Morgan fingerprint density at radius 1 is 1.17 bits per heavy atom. The van der Waals surface area contributed by atoms with E-state index in [1.165, 1.54) is 0 Å². The van der Waals surface area contributed by atoms with Crippen LogP contribution in [-0.4, -0.2) is 7.11 Å². The molecule has 0 aromatic rings. The first-order valence-electron chi connectivity index (χ1n) is 4.15. The van der Waals surface area contributed by atoms with Gasteiger partial charge in [0.15, 0.2) is 0 Å². The largest absolute Gasteiger partial charge is 0.497 e. The van der Waals surface area contributed by atoms with Gasteiger partial charge in [0.1, 0.15) is 5.76 Å². The average Bonchev–Trinajstić information content (AvgIpc) is 2.03. The number of rotatable bonds is 3. The van der Waals surface area contributed by atoms with Crippen LogP contribution in [0.15, 0.2) is 36.1 Å². The number of ether oxygens (including phenoxy) is 1. The molecule has 0 saturated heterocycles. The third kappa shape index (κ3) is 7.13. The quantitative estimate of drug-likeness (QED) is 0.461. The van der Waals surface area contributed by atoms with Crippen molar-refractivity contribution in [3.05, 3.63) is 36.1 Å². The van der Waals surface area contributed by atoms with Crippen LogP contribution in [0.2, 0.25) is 0 Å². The summed E-state index contributed by atoms with van der Waals surface area (Å²) < 4.78 is 5.02. The smallest absolute Gasteiger partial charge is 0.121 e. The van der Waals surface area contributed by atoms with Crippen LogP contribution in [0, 0.1) is 0 Å². The van der Waals surface area contributed by atoms with E-state index in [0.717, 1.165) is 16.9 Å². The highest BCUT2D eigenvalue weighted by molar-refractivity contribution is 5.27. The number of hydrogen-bond acceptors (Lipinski definition) is 1. The summed E-state index contributed by atoms with van der Waals surface area (Å²) in [7, 11) is 1.63. The molecule has 0 heterocycles. The maximum Gasteiger partial charge on any atom is 0.121 e. The highest BCUT2D eigenvalue weighted by atomic mass is 16.5. The number of allylic oxidation sites excluding steroid dienone is 3. The maximum absolute atomic E-state index is 5.02. The minimum atomic E-state index is 0.799. The van der Waals surface area contributed by atoms with Gasteiger partial charge in [-0.2, -0.15) is 0 Å². The molecule has 12 heavy (non-hydrogen) atoms. The molecule has 0 aromatic carbocycles. The van der Waals surface area contributed by atoms with Crippen molar-refractivity contribution in [1.82, 2.24) is 0 Å². The zero-order chi connectivity index (χ0) is 10.1. The fourth-order valence-corrected chi connectivity index (χ4v) is 0.580. The van der Waals surface area contributed by atoms with Gasteiger partial charge in [0.05, 0.1) is 7.11 Å². The van der Waals surface area contributed by atoms with Gasteiger partial charge in [-0.1, -0.05) is 32.6 Å². The van der Waals surface area contributed by atoms with Gasteiger partial charge in [-0.15, -0.1) is 0 Å². The van der Waals surface area contributed by atoms with Gasteiger partial charge in [0, 0.05) is 0 Å². The fourth-order valence-electron chi connectivity index (χ4n) is 0.580. The Kier molecular flexibility index (Phi) is 9.20. The van der Waals surface area contributed by atoms with Crippen molar-refractivity contribution in [3.63, 3.8) is 0 Å². The lowest BCUT2D eigenvalue weighted by molar-refractivity contribution is 0.301. The Morgan fingerprint density at radius 2 is 1.58 bits per heavy atom. The summed E-state index contributed by atoms with van der Waals surface area (Å²) in [6.45, 7) is 15.3. The molecule has 0 unspecified atom stereocenters. The van der Waals surface area contributed by atoms with Crippen molar-refractivity contribution < 1.29 is 4.74 Å². The Bertz CT molecular complexity index is 175. The van der Waals surface area contributed by atoms with Gasteiger partial charge in [0.25, 0.3) is 0 Å². The van der Waals surface area contributed by atoms with Crippen LogP contribution in [0.3, 0.4) is 0 Å². The molecule has 0 aliphatic heterocycles. The number of hydrogen-bond donors (Lipinski definition) is 0. The highest BCUT2D eigenvalue weighted by Crippen LogP contribution is 2.09. The Hall–Kier alpha value is -0.980. The van der Waals surface area contributed by atoms with E-state index in [-0.39, 0.29) is 0 Å². The summed E-state index contributed by atoms with van der Waals surface area (Å²) in [6.07, 6.45) is 1.86. The fraction of sp³-hybridized carbons (Fsp3) is 0.455. The number of methoxy groups -OCH3 is 1. The van der Waals surface area contributed by atoms with Gasteiger partial charge in [-0.3, -0.25) is 0 Å². The van der Waals surface area contributed by atoms with Gasteiger partial charge in [0.2, 0.25) is 0 Å². The molecule has 0 N–H and O–H groups in total. The van der Waals surface area contributed by atoms with Crippen LogP contribution in [0.5, 0.6) is 0 Å².